The quantitative estimate of drug-likeness (QED) is 0.489. The highest BCUT2D eigenvalue weighted by Crippen LogP contribution is 2.07. The number of rotatable bonds is 3. The largest absolute Gasteiger partial charge is 0.463 e. The molecule has 0 saturated carbocycles. The Morgan fingerprint density at radius 2 is 1.84 bits per heavy atom. The first kappa shape index (κ1) is 17.1. The summed E-state index contributed by atoms with van der Waals surface area (Å²) >= 11 is 0. The number of esters is 1. The summed E-state index contributed by atoms with van der Waals surface area (Å²) in [5.74, 6) is -0.408. The zero-order valence-corrected chi connectivity index (χ0v) is 11.6. The number of ether oxygens (including phenoxy) is 1. The van der Waals surface area contributed by atoms with E-state index >= 15 is 0 Å². The van der Waals surface area contributed by atoms with Crippen LogP contribution >= 0.6 is 0 Å². The fourth-order valence-electron chi connectivity index (χ4n) is 1.02. The van der Waals surface area contributed by atoms with Crippen molar-refractivity contribution in [2.45, 2.75) is 6.92 Å². The van der Waals surface area contributed by atoms with E-state index in [9.17, 15) is 13.2 Å². The van der Waals surface area contributed by atoms with Gasteiger partial charge in [0.1, 0.15) is 0 Å². The summed E-state index contributed by atoms with van der Waals surface area (Å²) in [7, 11) is -3.67. The van der Waals surface area contributed by atoms with Gasteiger partial charge in [0.25, 0.3) is 10.1 Å². The second-order valence-electron chi connectivity index (χ2n) is 3.45. The number of carbonyl (C=O) groups is 1. The molecule has 0 heterocycles. The first-order valence-electron chi connectivity index (χ1n) is 5.35. The zero-order chi connectivity index (χ0) is 14.9. The highest BCUT2D eigenvalue weighted by atomic mass is 32.2. The van der Waals surface area contributed by atoms with Crippen molar-refractivity contribution in [3.63, 3.8) is 0 Å². The Labute approximate surface area is 112 Å². The summed E-state index contributed by atoms with van der Waals surface area (Å²) in [4.78, 5) is 11.0. The molecule has 0 aliphatic carbocycles. The molecule has 0 radical (unpaired) electrons. The molecule has 106 valence electrons. The van der Waals surface area contributed by atoms with Crippen LogP contribution in [-0.2, 0) is 19.6 Å². The second-order valence-corrected chi connectivity index (χ2v) is 4.92. The van der Waals surface area contributed by atoms with Crippen LogP contribution in [-0.4, -0.2) is 31.8 Å². The van der Waals surface area contributed by atoms with E-state index < -0.39 is 16.1 Å². The minimum absolute atomic E-state index is 0.359. The molecule has 0 saturated heterocycles. The van der Waals surface area contributed by atoms with Crippen molar-refractivity contribution in [1.29, 1.82) is 0 Å². The Kier molecular flexibility index (Phi) is 7.47. The predicted molar refractivity (Wildman–Crippen MR) is 72.7 cm³/mol. The van der Waals surface area contributed by atoms with Crippen molar-refractivity contribution in [3.05, 3.63) is 42.0 Å². The van der Waals surface area contributed by atoms with E-state index in [0.29, 0.717) is 18.6 Å². The third-order valence-corrected chi connectivity index (χ3v) is 1.67. The first-order valence-corrected chi connectivity index (χ1v) is 7.20. The average Bonchev–Trinajstić information content (AvgIpc) is 2.28. The van der Waals surface area contributed by atoms with Crippen molar-refractivity contribution in [2.75, 3.05) is 12.9 Å². The van der Waals surface area contributed by atoms with E-state index in [4.69, 9.17) is 15.0 Å². The Bertz CT molecular complexity index is 514. The van der Waals surface area contributed by atoms with Gasteiger partial charge in [-0.25, -0.2) is 4.79 Å². The molecule has 7 heteroatoms. The fraction of sp³-hybridized carbons (Fsp3) is 0.250. The van der Waals surface area contributed by atoms with E-state index in [1.54, 1.807) is 6.92 Å². The molecule has 1 aromatic carbocycles. The highest BCUT2D eigenvalue weighted by molar-refractivity contribution is 7.85. The monoisotopic (exact) mass is 287 g/mol. The lowest BCUT2D eigenvalue weighted by Gasteiger charge is -2.01. The van der Waals surface area contributed by atoms with Crippen LogP contribution in [0.5, 0.6) is 0 Å². The second kappa shape index (κ2) is 8.28. The number of benzene rings is 1. The molecular weight excluding hydrogens is 270 g/mol. The SMILES string of the molecule is CCOC(=O)C=C(N)c1ccccc1.CS(=O)(=O)O. The van der Waals surface area contributed by atoms with E-state index in [-0.39, 0.29) is 0 Å². The molecule has 6 nitrogen and oxygen atoms in total. The molecule has 0 atom stereocenters. The molecule has 0 unspecified atom stereocenters. The van der Waals surface area contributed by atoms with Crippen molar-refractivity contribution in [2.24, 2.45) is 5.73 Å². The molecule has 0 fully saturated rings. The number of nitrogens with two attached hydrogens (primary N) is 1. The zero-order valence-electron chi connectivity index (χ0n) is 10.7. The van der Waals surface area contributed by atoms with Crippen LogP contribution in [0.15, 0.2) is 36.4 Å². The summed E-state index contributed by atoms with van der Waals surface area (Å²) in [5, 5.41) is 0. The van der Waals surface area contributed by atoms with E-state index in [2.05, 4.69) is 0 Å². The van der Waals surface area contributed by atoms with Crippen molar-refractivity contribution >= 4 is 21.8 Å². The highest BCUT2D eigenvalue weighted by Gasteiger charge is 2.00. The van der Waals surface area contributed by atoms with Crippen LogP contribution in [0.4, 0.5) is 0 Å². The number of hydrogen-bond donors (Lipinski definition) is 2. The van der Waals surface area contributed by atoms with Gasteiger partial charge in [-0.15, -0.1) is 0 Å². The summed E-state index contributed by atoms with van der Waals surface area (Å²) < 4.78 is 30.6. The molecule has 0 spiro atoms. The topological polar surface area (TPSA) is 107 Å². The van der Waals surface area contributed by atoms with E-state index in [1.807, 2.05) is 30.3 Å². The van der Waals surface area contributed by atoms with E-state index in [1.165, 1.54) is 6.08 Å². The standard InChI is InChI=1S/C11H13NO2.CH4O3S/c1-2-14-11(13)8-10(12)9-6-4-3-5-7-9;1-5(2,3)4/h3-8H,2,12H2,1H3;1H3,(H,2,3,4). The molecule has 19 heavy (non-hydrogen) atoms. The average molecular weight is 287 g/mol. The summed E-state index contributed by atoms with van der Waals surface area (Å²) in [6.07, 6.45) is 2.01. The molecular formula is C12H17NO5S. The van der Waals surface area contributed by atoms with Crippen LogP contribution in [0.1, 0.15) is 12.5 Å². The lowest BCUT2D eigenvalue weighted by atomic mass is 10.1. The van der Waals surface area contributed by atoms with Crippen molar-refractivity contribution in [1.82, 2.24) is 0 Å². The van der Waals surface area contributed by atoms with Crippen LogP contribution in [0.3, 0.4) is 0 Å². The fourth-order valence-corrected chi connectivity index (χ4v) is 1.02. The molecule has 1 aromatic rings. The molecule has 0 aliphatic heterocycles. The normalized spacial score (nSPS) is 11.2. The van der Waals surface area contributed by atoms with Crippen LogP contribution in [0.25, 0.3) is 5.70 Å². The van der Waals surface area contributed by atoms with Crippen molar-refractivity contribution < 1.29 is 22.5 Å². The number of hydrogen-bond acceptors (Lipinski definition) is 5. The van der Waals surface area contributed by atoms with Gasteiger partial charge in [0.15, 0.2) is 0 Å². The minimum atomic E-state index is -3.67. The summed E-state index contributed by atoms with van der Waals surface area (Å²) in [5.41, 5.74) is 6.93. The lowest BCUT2D eigenvalue weighted by molar-refractivity contribution is -0.137. The third kappa shape index (κ3) is 11.0. The van der Waals surface area contributed by atoms with Gasteiger partial charge in [-0.05, 0) is 12.5 Å². The predicted octanol–water partition coefficient (Wildman–Crippen LogP) is 1.05. The van der Waals surface area contributed by atoms with Gasteiger partial charge in [0.05, 0.1) is 12.9 Å². The molecule has 0 amide bonds. The van der Waals surface area contributed by atoms with E-state index in [0.717, 1.165) is 5.56 Å². The Hall–Kier alpha value is -1.86. The van der Waals surface area contributed by atoms with Crippen LogP contribution in [0, 0.1) is 0 Å². The van der Waals surface area contributed by atoms with Crippen LogP contribution in [0.2, 0.25) is 0 Å². The van der Waals surface area contributed by atoms with Gasteiger partial charge in [0, 0.05) is 11.8 Å². The van der Waals surface area contributed by atoms with Gasteiger partial charge in [0.2, 0.25) is 0 Å². The first-order chi connectivity index (χ1) is 8.74. The van der Waals surface area contributed by atoms with Gasteiger partial charge in [-0.2, -0.15) is 8.42 Å². The smallest absolute Gasteiger partial charge is 0.332 e. The third-order valence-electron chi connectivity index (χ3n) is 1.67. The molecule has 0 aliphatic rings. The molecule has 0 bridgehead atoms. The van der Waals surface area contributed by atoms with Gasteiger partial charge >= 0.3 is 5.97 Å². The van der Waals surface area contributed by atoms with Crippen molar-refractivity contribution in [3.8, 4) is 0 Å². The number of carbonyl (C=O) groups excluding carboxylic acids is 1. The lowest BCUT2D eigenvalue weighted by Crippen LogP contribution is -2.04. The molecule has 1 rings (SSSR count). The summed E-state index contributed by atoms with van der Waals surface area (Å²) in [6, 6.07) is 9.29. The van der Waals surface area contributed by atoms with Gasteiger partial charge in [-0.1, -0.05) is 30.3 Å². The van der Waals surface area contributed by atoms with Gasteiger partial charge < -0.3 is 10.5 Å². The minimum Gasteiger partial charge on any atom is -0.463 e. The van der Waals surface area contributed by atoms with Gasteiger partial charge in [-0.3, -0.25) is 4.55 Å². The Balaban J connectivity index is 0.000000555. The summed E-state index contributed by atoms with van der Waals surface area (Å²) in [6.45, 7) is 2.11. The molecule has 0 aromatic heterocycles. The Morgan fingerprint density at radius 3 is 2.26 bits per heavy atom. The Morgan fingerprint density at radius 1 is 1.37 bits per heavy atom. The maximum atomic E-state index is 11.0. The molecule has 3 N–H and O–H groups in total. The maximum absolute atomic E-state index is 11.0. The maximum Gasteiger partial charge on any atom is 0.332 e. The van der Waals surface area contributed by atoms with Crippen LogP contribution < -0.4 is 5.73 Å².